The Morgan fingerprint density at radius 3 is 2.76 bits per heavy atom. The quantitative estimate of drug-likeness (QED) is 0.524. The van der Waals surface area contributed by atoms with Crippen molar-refractivity contribution < 1.29 is 0 Å². The van der Waals surface area contributed by atoms with E-state index in [4.69, 9.17) is 11.1 Å². The Morgan fingerprint density at radius 2 is 2.08 bits per heavy atom. The zero-order valence-electron chi connectivity index (χ0n) is 16.6. The Labute approximate surface area is 154 Å². The zero-order valence-corrected chi connectivity index (χ0v) is 16.6. The van der Waals surface area contributed by atoms with E-state index in [0.29, 0.717) is 11.6 Å². The largest absolute Gasteiger partial charge is 0.401 e. The fourth-order valence-corrected chi connectivity index (χ4v) is 3.94. The number of allylic oxidation sites excluding steroid dienone is 7. The van der Waals surface area contributed by atoms with E-state index >= 15 is 0 Å². The molecule has 2 rings (SSSR count). The molecule has 0 fully saturated rings. The smallest absolute Gasteiger partial charge is 0.0586 e. The molecule has 0 aliphatic heterocycles. The molecule has 0 amide bonds. The van der Waals surface area contributed by atoms with Crippen LogP contribution in [0.3, 0.4) is 0 Å². The Balaban J connectivity index is 2.22. The number of unbranched alkanes of at least 4 members (excludes halogenated alkanes) is 2. The maximum Gasteiger partial charge on any atom is 0.0586 e. The first-order valence-corrected chi connectivity index (χ1v) is 10.1. The van der Waals surface area contributed by atoms with Gasteiger partial charge < -0.3 is 11.1 Å². The van der Waals surface area contributed by atoms with Gasteiger partial charge in [-0.2, -0.15) is 0 Å². The van der Waals surface area contributed by atoms with Crippen molar-refractivity contribution in [2.45, 2.75) is 72.6 Å². The van der Waals surface area contributed by atoms with E-state index in [9.17, 15) is 0 Å². The molecule has 2 aliphatic rings. The van der Waals surface area contributed by atoms with Crippen LogP contribution < -0.4 is 5.73 Å². The first kappa shape index (κ1) is 19.8. The summed E-state index contributed by atoms with van der Waals surface area (Å²) in [4.78, 5) is 0. The van der Waals surface area contributed by atoms with Gasteiger partial charge >= 0.3 is 0 Å². The van der Waals surface area contributed by atoms with Gasteiger partial charge in [-0.1, -0.05) is 64.8 Å². The summed E-state index contributed by atoms with van der Waals surface area (Å²) in [7, 11) is 0. The number of nitrogens with two attached hydrogens (primary N) is 1. The predicted molar refractivity (Wildman–Crippen MR) is 110 cm³/mol. The van der Waals surface area contributed by atoms with Gasteiger partial charge in [0, 0.05) is 11.6 Å². The molecule has 3 unspecified atom stereocenters. The monoisotopic (exact) mass is 340 g/mol. The second-order valence-corrected chi connectivity index (χ2v) is 8.08. The van der Waals surface area contributed by atoms with Crippen LogP contribution in [-0.4, -0.2) is 5.71 Å². The second kappa shape index (κ2) is 8.69. The van der Waals surface area contributed by atoms with Crippen molar-refractivity contribution in [2.75, 3.05) is 0 Å². The Bertz CT molecular complexity index is 606. The van der Waals surface area contributed by atoms with Gasteiger partial charge in [0.2, 0.25) is 0 Å². The van der Waals surface area contributed by atoms with Gasteiger partial charge in [-0.25, -0.2) is 0 Å². The molecule has 0 saturated carbocycles. The molecule has 3 atom stereocenters. The molecule has 2 aliphatic carbocycles. The lowest BCUT2D eigenvalue weighted by molar-refractivity contribution is 0.318. The van der Waals surface area contributed by atoms with Gasteiger partial charge in [-0.15, -0.1) is 0 Å². The first-order valence-electron chi connectivity index (χ1n) is 10.1. The van der Waals surface area contributed by atoms with E-state index in [0.717, 1.165) is 31.4 Å². The fourth-order valence-electron chi connectivity index (χ4n) is 3.94. The standard InChI is InChI=1S/C23H36N2/c1-5-7-8-10-19-15-20(22(25)16-21(19)24)23(4)13-9-11-18(12-14-23)17(3)6-2/h11-12,14-17,20,24H,5-10,13,25H2,1-4H3. The van der Waals surface area contributed by atoms with Crippen LogP contribution >= 0.6 is 0 Å². The molecule has 138 valence electrons. The maximum atomic E-state index is 8.28. The molecule has 2 nitrogen and oxygen atoms in total. The van der Waals surface area contributed by atoms with Gasteiger partial charge in [0.15, 0.2) is 0 Å². The van der Waals surface area contributed by atoms with Crippen molar-refractivity contribution in [1.29, 1.82) is 5.41 Å². The Hall–Kier alpha value is -1.57. The van der Waals surface area contributed by atoms with Gasteiger partial charge in [0.25, 0.3) is 0 Å². The molecule has 0 aromatic carbocycles. The molecule has 0 saturated heterocycles. The van der Waals surface area contributed by atoms with Crippen LogP contribution in [0.4, 0.5) is 0 Å². The van der Waals surface area contributed by atoms with Crippen LogP contribution in [0.25, 0.3) is 0 Å². The molecule has 25 heavy (non-hydrogen) atoms. The minimum absolute atomic E-state index is 0.0308. The molecule has 0 aromatic rings. The summed E-state index contributed by atoms with van der Waals surface area (Å²) >= 11 is 0. The summed E-state index contributed by atoms with van der Waals surface area (Å²) in [5, 5.41) is 8.28. The van der Waals surface area contributed by atoms with Crippen LogP contribution in [0, 0.1) is 22.7 Å². The van der Waals surface area contributed by atoms with E-state index in [2.05, 4.69) is 52.0 Å². The summed E-state index contributed by atoms with van der Waals surface area (Å²) in [6, 6.07) is 0. The Kier molecular flexibility index (Phi) is 6.87. The lowest BCUT2D eigenvalue weighted by atomic mass is 9.69. The molecular formula is C23H36N2. The highest BCUT2D eigenvalue weighted by atomic mass is 14.6. The molecule has 0 bridgehead atoms. The van der Waals surface area contributed by atoms with E-state index in [-0.39, 0.29) is 11.3 Å². The SMILES string of the molecule is CCCCCC1=CC(C2(C)C=CC(C(C)CC)=CCC2)C(N)=CC1=N. The highest BCUT2D eigenvalue weighted by Crippen LogP contribution is 2.43. The van der Waals surface area contributed by atoms with E-state index in [1.165, 1.54) is 30.4 Å². The molecule has 0 aromatic heterocycles. The van der Waals surface area contributed by atoms with Crippen molar-refractivity contribution in [3.8, 4) is 0 Å². The van der Waals surface area contributed by atoms with Gasteiger partial charge in [0.05, 0.1) is 5.71 Å². The van der Waals surface area contributed by atoms with Crippen LogP contribution in [0.5, 0.6) is 0 Å². The summed E-state index contributed by atoms with van der Waals surface area (Å²) in [6.45, 7) is 9.11. The third kappa shape index (κ3) is 4.74. The average Bonchev–Trinajstić information content (AvgIpc) is 2.78. The third-order valence-electron chi connectivity index (χ3n) is 6.05. The average molecular weight is 341 g/mol. The van der Waals surface area contributed by atoms with Crippen LogP contribution in [0.1, 0.15) is 72.6 Å². The van der Waals surface area contributed by atoms with Crippen LogP contribution in [-0.2, 0) is 0 Å². The molecular weight excluding hydrogens is 304 g/mol. The summed E-state index contributed by atoms with van der Waals surface area (Å²) in [5.74, 6) is 0.824. The normalized spacial score (nSPS) is 28.1. The highest BCUT2D eigenvalue weighted by molar-refractivity contribution is 6.07. The first-order chi connectivity index (χ1) is 11.9. The van der Waals surface area contributed by atoms with Crippen LogP contribution in [0.15, 0.2) is 47.2 Å². The maximum absolute atomic E-state index is 8.28. The van der Waals surface area contributed by atoms with Crippen molar-refractivity contribution >= 4 is 5.71 Å². The predicted octanol–water partition coefficient (Wildman–Crippen LogP) is 6.31. The second-order valence-electron chi connectivity index (χ2n) is 8.08. The number of nitrogens with one attached hydrogen (secondary N) is 1. The highest BCUT2D eigenvalue weighted by Gasteiger charge is 2.35. The molecule has 0 radical (unpaired) electrons. The van der Waals surface area contributed by atoms with E-state index in [1.54, 1.807) is 0 Å². The lowest BCUT2D eigenvalue weighted by Gasteiger charge is -2.36. The fraction of sp³-hybridized carbons (Fsp3) is 0.609. The number of rotatable bonds is 7. The molecule has 0 heterocycles. The minimum Gasteiger partial charge on any atom is -0.401 e. The van der Waals surface area contributed by atoms with Gasteiger partial charge in [-0.3, -0.25) is 0 Å². The van der Waals surface area contributed by atoms with Gasteiger partial charge in [0.1, 0.15) is 0 Å². The minimum atomic E-state index is 0.0308. The topological polar surface area (TPSA) is 49.9 Å². The van der Waals surface area contributed by atoms with Gasteiger partial charge in [-0.05, 0) is 60.7 Å². The summed E-state index contributed by atoms with van der Waals surface area (Å²) in [5.41, 5.74) is 10.5. The summed E-state index contributed by atoms with van der Waals surface area (Å²) < 4.78 is 0. The molecule has 0 spiro atoms. The van der Waals surface area contributed by atoms with Crippen LogP contribution in [0.2, 0.25) is 0 Å². The van der Waals surface area contributed by atoms with Crippen molar-refractivity contribution in [3.63, 3.8) is 0 Å². The summed E-state index contributed by atoms with van der Waals surface area (Å²) in [6.07, 6.45) is 19.3. The van der Waals surface area contributed by atoms with Crippen molar-refractivity contribution in [2.24, 2.45) is 23.0 Å². The van der Waals surface area contributed by atoms with E-state index in [1.807, 2.05) is 6.08 Å². The third-order valence-corrected chi connectivity index (χ3v) is 6.05. The lowest BCUT2D eigenvalue weighted by Crippen LogP contribution is -2.31. The zero-order chi connectivity index (χ0) is 18.4. The molecule has 2 heteroatoms. The Morgan fingerprint density at radius 1 is 1.32 bits per heavy atom. The number of hydrogen-bond donors (Lipinski definition) is 2. The van der Waals surface area contributed by atoms with Crippen molar-refractivity contribution in [1.82, 2.24) is 0 Å². The molecule has 3 N–H and O–H groups in total. The van der Waals surface area contributed by atoms with Crippen molar-refractivity contribution in [3.05, 3.63) is 47.2 Å². The van der Waals surface area contributed by atoms with E-state index < -0.39 is 0 Å². The number of hydrogen-bond acceptors (Lipinski definition) is 2.